The van der Waals surface area contributed by atoms with Crippen molar-refractivity contribution in [2.45, 2.75) is 0 Å². The zero-order chi connectivity index (χ0) is 36.3. The highest BCUT2D eigenvalue weighted by atomic mass is 32.1. The Morgan fingerprint density at radius 3 is 1.80 bits per heavy atom. The SMILES string of the molecule is c1cc(-c2ccc(N(c3ccc(-c4cccc5c4sc4ccccc45)cc3)c3ccc4c(c3)oc3ccccc34)cc2)cc(-c2cccc3ccccc23)c1. The van der Waals surface area contributed by atoms with Gasteiger partial charge in [-0.2, -0.15) is 0 Å². The molecule has 0 spiro atoms. The van der Waals surface area contributed by atoms with Crippen molar-refractivity contribution in [3.8, 4) is 33.4 Å². The maximum Gasteiger partial charge on any atom is 0.137 e. The van der Waals surface area contributed by atoms with E-state index in [4.69, 9.17) is 4.42 Å². The van der Waals surface area contributed by atoms with E-state index in [0.717, 1.165) is 39.0 Å². The molecule has 0 aliphatic rings. The third-order valence-electron chi connectivity index (χ3n) is 10.9. The molecule has 0 saturated heterocycles. The van der Waals surface area contributed by atoms with Crippen molar-refractivity contribution in [2.75, 3.05) is 4.90 Å². The zero-order valence-corrected chi connectivity index (χ0v) is 30.6. The molecule has 0 saturated carbocycles. The van der Waals surface area contributed by atoms with E-state index in [1.54, 1.807) is 0 Å². The van der Waals surface area contributed by atoms with Crippen LogP contribution in [0.5, 0.6) is 0 Å². The number of fused-ring (bicyclic) bond motifs is 7. The summed E-state index contributed by atoms with van der Waals surface area (Å²) in [7, 11) is 0. The van der Waals surface area contributed by atoms with Gasteiger partial charge in [0, 0.05) is 54.1 Å². The average Bonchev–Trinajstić information content (AvgIpc) is 3.82. The van der Waals surface area contributed by atoms with Crippen molar-refractivity contribution in [2.24, 2.45) is 0 Å². The smallest absolute Gasteiger partial charge is 0.137 e. The van der Waals surface area contributed by atoms with Gasteiger partial charge in [-0.1, -0.05) is 140 Å². The number of hydrogen-bond acceptors (Lipinski definition) is 3. The Balaban J connectivity index is 0.998. The number of anilines is 3. The van der Waals surface area contributed by atoms with Crippen LogP contribution in [0.2, 0.25) is 0 Å². The molecule has 0 unspecified atom stereocenters. The molecule has 258 valence electrons. The van der Waals surface area contributed by atoms with Crippen LogP contribution < -0.4 is 4.90 Å². The summed E-state index contributed by atoms with van der Waals surface area (Å²) in [5.41, 5.74) is 12.2. The molecule has 0 N–H and O–H groups in total. The van der Waals surface area contributed by atoms with Gasteiger partial charge in [0.2, 0.25) is 0 Å². The van der Waals surface area contributed by atoms with E-state index in [9.17, 15) is 0 Å². The van der Waals surface area contributed by atoms with Crippen LogP contribution >= 0.6 is 11.3 Å². The molecule has 2 nitrogen and oxygen atoms in total. The summed E-state index contributed by atoms with van der Waals surface area (Å²) in [5.74, 6) is 0. The fourth-order valence-electron chi connectivity index (χ4n) is 8.21. The first-order valence-corrected chi connectivity index (χ1v) is 19.5. The van der Waals surface area contributed by atoms with Crippen molar-refractivity contribution < 1.29 is 4.42 Å². The minimum absolute atomic E-state index is 0.874. The Kier molecular flexibility index (Phi) is 7.39. The predicted octanol–water partition coefficient (Wildman–Crippen LogP) is 15.6. The molecule has 0 radical (unpaired) electrons. The van der Waals surface area contributed by atoms with Gasteiger partial charge in [-0.25, -0.2) is 0 Å². The normalized spacial score (nSPS) is 11.6. The van der Waals surface area contributed by atoms with Crippen LogP contribution in [0.15, 0.2) is 205 Å². The first kappa shape index (κ1) is 31.6. The molecule has 3 heteroatoms. The third kappa shape index (κ3) is 5.40. The van der Waals surface area contributed by atoms with E-state index in [2.05, 4.69) is 193 Å². The lowest BCUT2D eigenvalue weighted by Gasteiger charge is -2.26. The number of thiophene rings is 1. The van der Waals surface area contributed by atoms with E-state index in [1.807, 2.05) is 23.5 Å². The molecule has 0 atom stereocenters. The van der Waals surface area contributed by atoms with Gasteiger partial charge in [0.25, 0.3) is 0 Å². The second kappa shape index (κ2) is 12.9. The third-order valence-corrected chi connectivity index (χ3v) is 12.1. The van der Waals surface area contributed by atoms with Crippen LogP contribution in [0.4, 0.5) is 17.1 Å². The molecular weight excluding hydrogens is 687 g/mol. The summed E-state index contributed by atoms with van der Waals surface area (Å²) in [6.07, 6.45) is 0. The molecule has 0 amide bonds. The Hall–Kier alpha value is -6.94. The maximum atomic E-state index is 6.38. The van der Waals surface area contributed by atoms with Gasteiger partial charge >= 0.3 is 0 Å². The fourth-order valence-corrected chi connectivity index (χ4v) is 9.45. The van der Waals surface area contributed by atoms with Gasteiger partial charge < -0.3 is 9.32 Å². The number of benzene rings is 9. The molecule has 0 aliphatic carbocycles. The van der Waals surface area contributed by atoms with Gasteiger partial charge in [-0.05, 0) is 98.8 Å². The van der Waals surface area contributed by atoms with E-state index < -0.39 is 0 Å². The first-order valence-electron chi connectivity index (χ1n) is 18.7. The molecule has 11 rings (SSSR count). The van der Waals surface area contributed by atoms with Crippen LogP contribution in [-0.2, 0) is 0 Å². The summed E-state index contributed by atoms with van der Waals surface area (Å²) in [6, 6.07) is 72.1. The summed E-state index contributed by atoms with van der Waals surface area (Å²) in [4.78, 5) is 2.33. The Morgan fingerprint density at radius 1 is 0.345 bits per heavy atom. The topological polar surface area (TPSA) is 16.4 Å². The number of hydrogen-bond donors (Lipinski definition) is 0. The van der Waals surface area contributed by atoms with E-state index in [-0.39, 0.29) is 0 Å². The molecule has 0 fully saturated rings. The first-order chi connectivity index (χ1) is 27.2. The molecule has 11 aromatic rings. The minimum Gasteiger partial charge on any atom is -0.456 e. The largest absolute Gasteiger partial charge is 0.456 e. The summed E-state index contributed by atoms with van der Waals surface area (Å²) in [6.45, 7) is 0. The highest BCUT2D eigenvalue weighted by Crippen LogP contribution is 2.43. The second-order valence-corrected chi connectivity index (χ2v) is 15.1. The predicted molar refractivity (Wildman–Crippen MR) is 235 cm³/mol. The summed E-state index contributed by atoms with van der Waals surface area (Å²) >= 11 is 1.87. The number of nitrogens with zero attached hydrogens (tertiary/aromatic N) is 1. The van der Waals surface area contributed by atoms with Crippen LogP contribution in [0.1, 0.15) is 0 Å². The van der Waals surface area contributed by atoms with Gasteiger partial charge in [0.05, 0.1) is 0 Å². The van der Waals surface area contributed by atoms with E-state index >= 15 is 0 Å². The number of rotatable bonds is 6. The van der Waals surface area contributed by atoms with E-state index in [0.29, 0.717) is 0 Å². The van der Waals surface area contributed by atoms with Gasteiger partial charge in [-0.15, -0.1) is 11.3 Å². The van der Waals surface area contributed by atoms with Crippen molar-refractivity contribution in [3.63, 3.8) is 0 Å². The Morgan fingerprint density at radius 2 is 0.945 bits per heavy atom. The lowest BCUT2D eigenvalue weighted by Crippen LogP contribution is -2.09. The molecule has 55 heavy (non-hydrogen) atoms. The fraction of sp³-hybridized carbons (Fsp3) is 0. The molecular formula is C52H33NOS. The highest BCUT2D eigenvalue weighted by Gasteiger charge is 2.17. The van der Waals surface area contributed by atoms with Crippen LogP contribution in [0.3, 0.4) is 0 Å². The van der Waals surface area contributed by atoms with Gasteiger partial charge in [0.1, 0.15) is 11.2 Å². The molecule has 0 aliphatic heterocycles. The standard InChI is InChI=1S/C52H33NOS/c1-2-14-42-35(10-1)11-8-17-43(42)38-13-7-12-37(32-38)34-22-26-39(27-23-34)53(41-30-31-46-45-15-3-5-20-49(45)54-50(46)33-41)40-28-24-36(25-29-40)44-18-9-19-48-47-16-4-6-21-51(47)55-52(44)48/h1-33H. The zero-order valence-electron chi connectivity index (χ0n) is 29.8. The monoisotopic (exact) mass is 719 g/mol. The average molecular weight is 720 g/mol. The number of para-hydroxylation sites is 1. The lowest BCUT2D eigenvalue weighted by atomic mass is 9.95. The van der Waals surface area contributed by atoms with Crippen LogP contribution in [0.25, 0.3) is 86.3 Å². The number of furan rings is 1. The molecule has 2 aromatic heterocycles. The van der Waals surface area contributed by atoms with Crippen LogP contribution in [0, 0.1) is 0 Å². The van der Waals surface area contributed by atoms with Gasteiger partial charge in [0.15, 0.2) is 0 Å². The van der Waals surface area contributed by atoms with Gasteiger partial charge in [-0.3, -0.25) is 0 Å². The summed E-state index contributed by atoms with van der Waals surface area (Å²) in [5, 5.41) is 7.39. The highest BCUT2D eigenvalue weighted by molar-refractivity contribution is 7.26. The van der Waals surface area contributed by atoms with Crippen LogP contribution in [-0.4, -0.2) is 0 Å². The van der Waals surface area contributed by atoms with Crippen molar-refractivity contribution >= 4 is 81.3 Å². The Labute approximate surface area is 322 Å². The Bertz CT molecular complexity index is 3200. The maximum absolute atomic E-state index is 6.38. The molecule has 9 aromatic carbocycles. The lowest BCUT2D eigenvalue weighted by molar-refractivity contribution is 0.669. The summed E-state index contributed by atoms with van der Waals surface area (Å²) < 4.78 is 9.02. The van der Waals surface area contributed by atoms with Crippen molar-refractivity contribution in [3.05, 3.63) is 200 Å². The van der Waals surface area contributed by atoms with Crippen molar-refractivity contribution in [1.29, 1.82) is 0 Å². The minimum atomic E-state index is 0.874. The van der Waals surface area contributed by atoms with Crippen molar-refractivity contribution in [1.82, 2.24) is 0 Å². The van der Waals surface area contributed by atoms with E-state index in [1.165, 1.54) is 64.3 Å². The molecule has 0 bridgehead atoms. The molecule has 2 heterocycles. The second-order valence-electron chi connectivity index (χ2n) is 14.1. The quantitative estimate of drug-likeness (QED) is 0.170.